The molecule has 0 spiro atoms. The van der Waals surface area contributed by atoms with Gasteiger partial charge in [-0.15, -0.1) is 0 Å². The number of esters is 1. The second-order valence-electron chi connectivity index (χ2n) is 15.7. The van der Waals surface area contributed by atoms with E-state index in [1.807, 2.05) is 54.6 Å². The number of alkyl carbamates (subject to hydrolysis) is 1. The summed E-state index contributed by atoms with van der Waals surface area (Å²) in [6, 6.07) is 32.8. The third-order valence-corrected chi connectivity index (χ3v) is 11.4. The highest BCUT2D eigenvalue weighted by molar-refractivity contribution is 5.92. The first-order chi connectivity index (χ1) is 30.7. The number of aromatic hydroxyl groups is 1. The summed E-state index contributed by atoms with van der Waals surface area (Å²) < 4.78 is 23.1. The van der Waals surface area contributed by atoms with Gasteiger partial charge >= 0.3 is 12.1 Å². The van der Waals surface area contributed by atoms with Gasteiger partial charge in [0.25, 0.3) is 5.91 Å². The van der Waals surface area contributed by atoms with E-state index >= 15 is 0 Å². The van der Waals surface area contributed by atoms with Crippen molar-refractivity contribution in [3.8, 4) is 11.5 Å². The van der Waals surface area contributed by atoms with E-state index in [0.717, 1.165) is 49.2 Å². The smallest absolute Gasteiger partial charge is 0.408 e. The van der Waals surface area contributed by atoms with Gasteiger partial charge in [-0.25, -0.2) is 9.59 Å². The molecule has 9 rings (SSSR count). The van der Waals surface area contributed by atoms with Gasteiger partial charge < -0.3 is 49.8 Å². The molecule has 2 bridgehead atoms. The van der Waals surface area contributed by atoms with E-state index < -0.39 is 30.1 Å². The number of phenolic OH excluding ortho intramolecular Hbond substituents is 1. The number of hydrogen-bond acceptors (Lipinski definition) is 12. The Morgan fingerprint density at radius 2 is 1.68 bits per heavy atom. The summed E-state index contributed by atoms with van der Waals surface area (Å²) in [6.45, 7) is 3.50. The van der Waals surface area contributed by atoms with Crippen LogP contribution >= 0.6 is 0 Å². The standard InChI is InChI=1S/C48H49N5O10/c54-39-16-14-37(38-15-18-43(56)51-45(38)39)40(55)27-49-26-36-13-17-41(62-36)46(57)50-21-24-60-47(58)33-11-9-30(10-12-33)29-61-35-8-4-7-34(25-35)44(32-5-2-1-3-6-32)52-48(59)63-42-28-53-22-19-31(42)20-23-53/h1-18,25,31,40,42,44,49,54-55H,19-24,26-29H2,(H,50,57)(H,51,56)(H,52,59)/t40?,42?,44-/m0/s1. The number of amides is 2. The van der Waals surface area contributed by atoms with E-state index in [-0.39, 0.29) is 61.5 Å². The summed E-state index contributed by atoms with van der Waals surface area (Å²) in [6.07, 6.45) is 0.606. The zero-order chi connectivity index (χ0) is 43.7. The Kier molecular flexibility index (Phi) is 13.5. The van der Waals surface area contributed by atoms with Crippen LogP contribution in [0.1, 0.15) is 73.9 Å². The molecule has 3 fully saturated rings. The molecular weight excluding hydrogens is 807 g/mol. The fourth-order valence-corrected chi connectivity index (χ4v) is 8.09. The highest BCUT2D eigenvalue weighted by Gasteiger charge is 2.37. The number of nitrogens with one attached hydrogen (secondary N) is 4. The molecule has 15 nitrogen and oxygen atoms in total. The number of fused-ring (bicyclic) bond motifs is 4. The van der Waals surface area contributed by atoms with E-state index in [9.17, 15) is 29.4 Å². The van der Waals surface area contributed by atoms with Crippen molar-refractivity contribution in [3.63, 3.8) is 0 Å². The van der Waals surface area contributed by atoms with Gasteiger partial charge in [0.1, 0.15) is 36.6 Å². The summed E-state index contributed by atoms with van der Waals surface area (Å²) in [5, 5.41) is 30.3. The monoisotopic (exact) mass is 855 g/mol. The molecule has 3 aliphatic rings. The first kappa shape index (κ1) is 42.7. The van der Waals surface area contributed by atoms with Crippen molar-refractivity contribution in [3.05, 3.63) is 165 Å². The van der Waals surface area contributed by atoms with Gasteiger partial charge in [0, 0.05) is 24.5 Å². The van der Waals surface area contributed by atoms with Crippen LogP contribution in [0.4, 0.5) is 4.79 Å². The molecule has 3 saturated heterocycles. The van der Waals surface area contributed by atoms with Crippen LogP contribution in [0.2, 0.25) is 0 Å². The van der Waals surface area contributed by atoms with E-state index in [1.165, 1.54) is 18.2 Å². The van der Waals surface area contributed by atoms with Crippen LogP contribution in [0.25, 0.3) is 10.9 Å². The highest BCUT2D eigenvalue weighted by atomic mass is 16.6. The first-order valence-corrected chi connectivity index (χ1v) is 21.0. The maximum absolute atomic E-state index is 13.2. The van der Waals surface area contributed by atoms with Crippen molar-refractivity contribution >= 4 is 28.9 Å². The van der Waals surface area contributed by atoms with Crippen LogP contribution in [-0.4, -0.2) is 83.5 Å². The van der Waals surface area contributed by atoms with Crippen LogP contribution in [0.5, 0.6) is 11.5 Å². The van der Waals surface area contributed by atoms with Crippen molar-refractivity contribution in [1.29, 1.82) is 0 Å². The molecule has 0 saturated carbocycles. The largest absolute Gasteiger partial charge is 0.506 e. The quantitative estimate of drug-likeness (QED) is 0.0482. The van der Waals surface area contributed by atoms with Crippen LogP contribution in [0.3, 0.4) is 0 Å². The van der Waals surface area contributed by atoms with Gasteiger partial charge in [-0.05, 0) is 103 Å². The van der Waals surface area contributed by atoms with Gasteiger partial charge in [-0.2, -0.15) is 0 Å². The minimum atomic E-state index is -0.955. The summed E-state index contributed by atoms with van der Waals surface area (Å²) in [7, 11) is 0. The summed E-state index contributed by atoms with van der Waals surface area (Å²) in [5.74, 6) is 0.436. The molecule has 15 heteroatoms. The number of piperidine rings is 3. The number of H-pyrrole nitrogens is 1. The number of pyridine rings is 1. The predicted molar refractivity (Wildman–Crippen MR) is 232 cm³/mol. The number of rotatable bonds is 17. The number of ether oxygens (including phenoxy) is 3. The molecule has 63 heavy (non-hydrogen) atoms. The second kappa shape index (κ2) is 19.8. The normalized spacial score (nSPS) is 17.7. The second-order valence-corrected chi connectivity index (χ2v) is 15.7. The Morgan fingerprint density at radius 3 is 2.46 bits per heavy atom. The lowest BCUT2D eigenvalue weighted by Gasteiger charge is -2.43. The minimum Gasteiger partial charge on any atom is -0.506 e. The average Bonchev–Trinajstić information content (AvgIpc) is 3.79. The number of aliphatic hydroxyl groups is 1. The Hall–Kier alpha value is -6.94. The fraction of sp³-hybridized carbons (Fsp3) is 0.292. The van der Waals surface area contributed by atoms with Gasteiger partial charge in [0.15, 0.2) is 5.76 Å². The Bertz CT molecular complexity index is 2590. The minimum absolute atomic E-state index is 0.0590. The molecule has 4 aromatic carbocycles. The molecule has 3 aliphatic heterocycles. The SMILES string of the molecule is O=C(N[C@@H](c1ccccc1)c1cccc(OCc2ccc(C(=O)OCCNC(=O)c3ccc(CNCC(O)c4ccc(O)c5[nH]c(=O)ccc45)o3)cc2)c1)OC1CN2CCC1CC2. The van der Waals surface area contributed by atoms with E-state index in [1.54, 1.807) is 42.5 Å². The van der Waals surface area contributed by atoms with Crippen molar-refractivity contribution < 1.29 is 43.2 Å². The third-order valence-electron chi connectivity index (χ3n) is 11.4. The Morgan fingerprint density at radius 1 is 0.889 bits per heavy atom. The maximum Gasteiger partial charge on any atom is 0.408 e. The summed E-state index contributed by atoms with van der Waals surface area (Å²) in [5.41, 5.74) is 3.34. The molecule has 326 valence electrons. The first-order valence-electron chi connectivity index (χ1n) is 21.0. The topological polar surface area (TPSA) is 205 Å². The number of aliphatic hydroxyl groups excluding tert-OH is 1. The molecule has 0 radical (unpaired) electrons. The molecule has 5 heterocycles. The predicted octanol–water partition coefficient (Wildman–Crippen LogP) is 5.73. The molecule has 6 N–H and O–H groups in total. The average molecular weight is 856 g/mol. The van der Waals surface area contributed by atoms with Gasteiger partial charge in [0.05, 0.1) is 36.3 Å². The van der Waals surface area contributed by atoms with E-state index in [4.69, 9.17) is 18.6 Å². The van der Waals surface area contributed by atoms with Crippen molar-refractivity contribution in [2.75, 3.05) is 39.3 Å². The van der Waals surface area contributed by atoms with Gasteiger partial charge in [-0.3, -0.25) is 14.5 Å². The number of hydrogen-bond donors (Lipinski definition) is 6. The summed E-state index contributed by atoms with van der Waals surface area (Å²) in [4.78, 5) is 55.3. The Labute approximate surface area is 363 Å². The van der Waals surface area contributed by atoms with E-state index in [2.05, 4.69) is 25.8 Å². The maximum atomic E-state index is 13.2. The molecule has 2 amide bonds. The van der Waals surface area contributed by atoms with Crippen LogP contribution in [-0.2, 0) is 22.6 Å². The molecule has 2 aromatic heterocycles. The molecule has 6 aromatic rings. The molecule has 2 unspecified atom stereocenters. The number of furan rings is 1. The van der Waals surface area contributed by atoms with Gasteiger partial charge in [0.2, 0.25) is 5.56 Å². The van der Waals surface area contributed by atoms with Crippen LogP contribution in [0, 0.1) is 5.92 Å². The number of aromatic amines is 1. The number of benzene rings is 4. The van der Waals surface area contributed by atoms with Crippen LogP contribution < -0.4 is 26.2 Å². The van der Waals surface area contributed by atoms with E-state index in [0.29, 0.717) is 33.9 Å². The van der Waals surface area contributed by atoms with Crippen molar-refractivity contribution in [2.45, 2.75) is 44.2 Å². The lowest BCUT2D eigenvalue weighted by molar-refractivity contribution is -0.0336. The third kappa shape index (κ3) is 10.8. The van der Waals surface area contributed by atoms with Crippen LogP contribution in [0.15, 0.2) is 124 Å². The zero-order valence-corrected chi connectivity index (χ0v) is 34.5. The van der Waals surface area contributed by atoms with Crippen molar-refractivity contribution in [1.82, 2.24) is 25.8 Å². The molecular formula is C48H49N5O10. The molecule has 0 aliphatic carbocycles. The van der Waals surface area contributed by atoms with Crippen molar-refractivity contribution in [2.24, 2.45) is 5.92 Å². The summed E-state index contributed by atoms with van der Waals surface area (Å²) >= 11 is 0. The number of phenols is 1. The lowest BCUT2D eigenvalue weighted by atomic mass is 9.86. The number of carbonyl (C=O) groups is 3. The zero-order valence-electron chi connectivity index (χ0n) is 34.5. The fourth-order valence-electron chi connectivity index (χ4n) is 8.09. The molecule has 3 atom stereocenters. The highest BCUT2D eigenvalue weighted by Crippen LogP contribution is 2.31. The number of aromatic nitrogens is 1. The Balaban J connectivity index is 0.762. The van der Waals surface area contributed by atoms with Gasteiger partial charge in [-0.1, -0.05) is 60.7 Å². The number of carbonyl (C=O) groups excluding carboxylic acids is 3. The lowest BCUT2D eigenvalue weighted by Crippen LogP contribution is -2.52. The number of nitrogens with zero attached hydrogens (tertiary/aromatic N) is 1.